The molecule has 0 radical (unpaired) electrons. The number of thiophene rings is 1. The van der Waals surface area contributed by atoms with Gasteiger partial charge in [0.05, 0.1) is 11.4 Å². The minimum Gasteiger partial charge on any atom is -0.351 e. The summed E-state index contributed by atoms with van der Waals surface area (Å²) in [6, 6.07) is 14.5. The van der Waals surface area contributed by atoms with E-state index in [9.17, 15) is 4.79 Å². The average Bonchev–Trinajstić information content (AvgIpc) is 3.42. The summed E-state index contributed by atoms with van der Waals surface area (Å²) in [5.74, 6) is 0.637. The van der Waals surface area contributed by atoms with E-state index in [1.54, 1.807) is 0 Å². The Morgan fingerprint density at radius 1 is 1.11 bits per heavy atom. The summed E-state index contributed by atoms with van der Waals surface area (Å²) in [4.78, 5) is 15.4. The van der Waals surface area contributed by atoms with E-state index in [1.165, 1.54) is 22.5 Å². The van der Waals surface area contributed by atoms with Crippen LogP contribution in [0.25, 0.3) is 0 Å². The summed E-state index contributed by atoms with van der Waals surface area (Å²) in [6.45, 7) is 4.75. The number of rotatable bonds is 7. The molecule has 1 amide bonds. The number of aromatic nitrogens is 2. The normalized spacial score (nSPS) is 15.6. The molecular formula is C22H26N4OS. The average molecular weight is 395 g/mol. The van der Waals surface area contributed by atoms with E-state index < -0.39 is 0 Å². The van der Waals surface area contributed by atoms with E-state index in [1.807, 2.05) is 40.7 Å². The predicted octanol–water partition coefficient (Wildman–Crippen LogP) is 3.63. The van der Waals surface area contributed by atoms with Crippen LogP contribution in [-0.4, -0.2) is 40.2 Å². The predicted molar refractivity (Wildman–Crippen MR) is 112 cm³/mol. The van der Waals surface area contributed by atoms with Crippen molar-refractivity contribution in [3.8, 4) is 0 Å². The Bertz CT molecular complexity index is 868. The van der Waals surface area contributed by atoms with Crippen molar-refractivity contribution in [2.24, 2.45) is 5.92 Å². The lowest BCUT2D eigenvalue weighted by Crippen LogP contribution is -2.38. The van der Waals surface area contributed by atoms with Crippen molar-refractivity contribution >= 4 is 17.2 Å². The van der Waals surface area contributed by atoms with Crippen LogP contribution in [0.2, 0.25) is 0 Å². The van der Waals surface area contributed by atoms with Gasteiger partial charge in [-0.2, -0.15) is 5.10 Å². The Hall–Kier alpha value is -2.44. The van der Waals surface area contributed by atoms with Crippen molar-refractivity contribution in [2.75, 3.05) is 19.6 Å². The number of hydrogen-bond acceptors (Lipinski definition) is 4. The third-order valence-corrected chi connectivity index (χ3v) is 6.17. The van der Waals surface area contributed by atoms with Crippen molar-refractivity contribution in [1.29, 1.82) is 0 Å². The van der Waals surface area contributed by atoms with Crippen LogP contribution in [0.5, 0.6) is 0 Å². The highest BCUT2D eigenvalue weighted by molar-refractivity contribution is 7.12. The summed E-state index contributed by atoms with van der Waals surface area (Å²) >= 11 is 1.50. The first-order chi connectivity index (χ1) is 13.8. The van der Waals surface area contributed by atoms with E-state index >= 15 is 0 Å². The van der Waals surface area contributed by atoms with Crippen molar-refractivity contribution in [3.05, 3.63) is 76.2 Å². The van der Waals surface area contributed by atoms with Crippen molar-refractivity contribution in [3.63, 3.8) is 0 Å². The van der Waals surface area contributed by atoms with E-state index in [2.05, 4.69) is 39.6 Å². The number of benzene rings is 1. The Morgan fingerprint density at radius 3 is 2.64 bits per heavy atom. The monoisotopic (exact) mass is 394 g/mol. The van der Waals surface area contributed by atoms with Crippen LogP contribution in [0, 0.1) is 5.92 Å². The van der Waals surface area contributed by atoms with Gasteiger partial charge in [-0.15, -0.1) is 11.3 Å². The summed E-state index contributed by atoms with van der Waals surface area (Å²) < 4.78 is 1.95. The van der Waals surface area contributed by atoms with Crippen LogP contribution in [0.1, 0.15) is 33.6 Å². The fourth-order valence-electron chi connectivity index (χ4n) is 3.75. The standard InChI is InChI=1S/C22H26N4OS/c27-22(21-6-2-13-28-21)23-15-18-7-11-25(12-8-18)16-19-4-1-5-20(14-19)17-26-10-3-9-24-26/h1-6,9-10,13-14,18H,7-8,11-12,15-17H2,(H,23,27). The molecule has 28 heavy (non-hydrogen) atoms. The third-order valence-electron chi connectivity index (χ3n) is 5.30. The second-order valence-corrected chi connectivity index (χ2v) is 8.38. The van der Waals surface area contributed by atoms with Gasteiger partial charge in [0.15, 0.2) is 0 Å². The van der Waals surface area contributed by atoms with Crippen molar-refractivity contribution in [1.82, 2.24) is 20.0 Å². The fraction of sp³-hybridized carbons (Fsp3) is 0.364. The number of nitrogens with one attached hydrogen (secondary N) is 1. The summed E-state index contributed by atoms with van der Waals surface area (Å²) in [6.07, 6.45) is 6.08. The molecule has 1 fully saturated rings. The fourth-order valence-corrected chi connectivity index (χ4v) is 4.39. The summed E-state index contributed by atoms with van der Waals surface area (Å²) in [5, 5.41) is 9.32. The molecule has 5 nitrogen and oxygen atoms in total. The second-order valence-electron chi connectivity index (χ2n) is 7.43. The van der Waals surface area contributed by atoms with Gasteiger partial charge in [-0.3, -0.25) is 14.4 Å². The molecule has 1 aromatic carbocycles. The lowest BCUT2D eigenvalue weighted by atomic mass is 9.96. The molecule has 3 heterocycles. The molecule has 1 aliphatic heterocycles. The molecule has 0 saturated carbocycles. The summed E-state index contributed by atoms with van der Waals surface area (Å²) in [5.41, 5.74) is 2.64. The Labute approximate surface area is 170 Å². The molecule has 0 unspecified atom stereocenters. The van der Waals surface area contributed by atoms with Gasteiger partial charge in [-0.05, 0) is 60.5 Å². The molecule has 0 aliphatic carbocycles. The van der Waals surface area contributed by atoms with Gasteiger partial charge in [0.1, 0.15) is 0 Å². The molecule has 0 bridgehead atoms. The van der Waals surface area contributed by atoms with Crippen molar-refractivity contribution in [2.45, 2.75) is 25.9 Å². The van der Waals surface area contributed by atoms with Gasteiger partial charge in [-0.25, -0.2) is 0 Å². The largest absolute Gasteiger partial charge is 0.351 e. The van der Waals surface area contributed by atoms with Gasteiger partial charge in [-0.1, -0.05) is 30.3 Å². The van der Waals surface area contributed by atoms with Crippen molar-refractivity contribution < 1.29 is 4.79 Å². The molecule has 1 N–H and O–H groups in total. The minimum atomic E-state index is 0.0615. The molecule has 1 saturated heterocycles. The molecule has 1 aliphatic rings. The second kappa shape index (κ2) is 9.17. The maximum absolute atomic E-state index is 12.1. The number of carbonyl (C=O) groups excluding carboxylic acids is 1. The number of nitrogens with zero attached hydrogens (tertiary/aromatic N) is 3. The molecule has 0 spiro atoms. The Balaban J connectivity index is 1.23. The lowest BCUT2D eigenvalue weighted by Gasteiger charge is -2.32. The molecule has 4 rings (SSSR count). The Kier molecular flexibility index (Phi) is 6.19. The van der Waals surface area contributed by atoms with Crippen LogP contribution < -0.4 is 5.32 Å². The Morgan fingerprint density at radius 2 is 1.93 bits per heavy atom. The highest BCUT2D eigenvalue weighted by atomic mass is 32.1. The number of likely N-dealkylation sites (tertiary alicyclic amines) is 1. The third kappa shape index (κ3) is 5.09. The van der Waals surface area contributed by atoms with Gasteiger partial charge >= 0.3 is 0 Å². The van der Waals surface area contributed by atoms with Crippen LogP contribution in [0.4, 0.5) is 0 Å². The molecule has 0 atom stereocenters. The van der Waals surface area contributed by atoms with Gasteiger partial charge in [0.25, 0.3) is 5.91 Å². The molecule has 6 heteroatoms. The van der Waals surface area contributed by atoms with Crippen LogP contribution in [-0.2, 0) is 13.1 Å². The zero-order valence-corrected chi connectivity index (χ0v) is 16.8. The lowest BCUT2D eigenvalue weighted by molar-refractivity contribution is 0.0939. The zero-order chi connectivity index (χ0) is 19.2. The SMILES string of the molecule is O=C(NCC1CCN(Cc2cccc(Cn3cccn3)c2)CC1)c1cccs1. The minimum absolute atomic E-state index is 0.0615. The van der Waals surface area contributed by atoms with E-state index in [0.29, 0.717) is 5.92 Å². The highest BCUT2D eigenvalue weighted by Gasteiger charge is 2.20. The van der Waals surface area contributed by atoms with Crippen LogP contribution in [0.3, 0.4) is 0 Å². The summed E-state index contributed by atoms with van der Waals surface area (Å²) in [7, 11) is 0. The maximum Gasteiger partial charge on any atom is 0.261 e. The van der Waals surface area contributed by atoms with Crippen LogP contribution in [0.15, 0.2) is 60.2 Å². The number of piperidine rings is 1. The molecule has 2 aromatic heterocycles. The van der Waals surface area contributed by atoms with Crippen LogP contribution >= 0.6 is 11.3 Å². The zero-order valence-electron chi connectivity index (χ0n) is 16.0. The van der Waals surface area contributed by atoms with Gasteiger partial charge in [0.2, 0.25) is 0 Å². The first-order valence-electron chi connectivity index (χ1n) is 9.85. The molecule has 146 valence electrons. The van der Waals surface area contributed by atoms with Gasteiger partial charge in [0, 0.05) is 25.5 Å². The van der Waals surface area contributed by atoms with E-state index in [0.717, 1.165) is 50.4 Å². The number of hydrogen-bond donors (Lipinski definition) is 1. The quantitative estimate of drug-likeness (QED) is 0.666. The topological polar surface area (TPSA) is 50.2 Å². The first-order valence-corrected chi connectivity index (χ1v) is 10.7. The first kappa shape index (κ1) is 18.9. The smallest absolute Gasteiger partial charge is 0.261 e. The highest BCUT2D eigenvalue weighted by Crippen LogP contribution is 2.19. The van der Waals surface area contributed by atoms with E-state index in [-0.39, 0.29) is 5.91 Å². The molecular weight excluding hydrogens is 368 g/mol. The number of carbonyl (C=O) groups is 1. The van der Waals surface area contributed by atoms with Gasteiger partial charge < -0.3 is 5.32 Å². The number of amides is 1. The van der Waals surface area contributed by atoms with E-state index in [4.69, 9.17) is 0 Å². The molecule has 3 aromatic rings. The maximum atomic E-state index is 12.1.